The van der Waals surface area contributed by atoms with Crippen molar-refractivity contribution in [3.8, 4) is 0 Å². The van der Waals surface area contributed by atoms with E-state index in [-0.39, 0.29) is 17.9 Å². The van der Waals surface area contributed by atoms with Crippen LogP contribution in [0.15, 0.2) is 60.7 Å². The minimum atomic E-state index is -0.372. The molecule has 0 bridgehead atoms. The Morgan fingerprint density at radius 2 is 1.18 bits per heavy atom. The first-order valence-electron chi connectivity index (χ1n) is 5.67. The predicted octanol–water partition coefficient (Wildman–Crippen LogP) is 3.72. The van der Waals surface area contributed by atoms with Crippen LogP contribution < -0.4 is 5.73 Å². The Kier molecular flexibility index (Phi) is 4.73. The summed E-state index contributed by atoms with van der Waals surface area (Å²) in [7, 11) is 0. The molecule has 0 saturated heterocycles. The molecule has 0 spiro atoms. The standard InChI is InChI=1S/C15H17N.ClH/c1-2-15(16,13-9-5-3-6-10-13)14-11-7-4-8-12-14;/h3-12H,2,16H2,1H3;1H. The number of rotatable bonds is 3. The van der Waals surface area contributed by atoms with E-state index in [0.717, 1.165) is 6.42 Å². The van der Waals surface area contributed by atoms with Crippen LogP contribution in [0.2, 0.25) is 0 Å². The topological polar surface area (TPSA) is 26.0 Å². The Balaban J connectivity index is 0.00000144. The maximum Gasteiger partial charge on any atom is 0.0662 e. The molecule has 0 fully saturated rings. The first kappa shape index (κ1) is 13.8. The van der Waals surface area contributed by atoms with Crippen molar-refractivity contribution in [2.45, 2.75) is 18.9 Å². The molecular weight excluding hydrogens is 230 g/mol. The van der Waals surface area contributed by atoms with E-state index in [2.05, 4.69) is 31.2 Å². The predicted molar refractivity (Wildman–Crippen MR) is 75.4 cm³/mol. The Hall–Kier alpha value is -1.31. The molecule has 2 aromatic carbocycles. The molecular formula is C15H18ClN. The van der Waals surface area contributed by atoms with Crippen LogP contribution in [0.1, 0.15) is 24.5 Å². The van der Waals surface area contributed by atoms with Crippen molar-refractivity contribution in [3.05, 3.63) is 71.8 Å². The fourth-order valence-corrected chi connectivity index (χ4v) is 2.05. The summed E-state index contributed by atoms with van der Waals surface area (Å²) in [4.78, 5) is 0. The van der Waals surface area contributed by atoms with Gasteiger partial charge in [-0.2, -0.15) is 0 Å². The Labute approximate surface area is 109 Å². The van der Waals surface area contributed by atoms with E-state index in [4.69, 9.17) is 5.73 Å². The molecule has 90 valence electrons. The van der Waals surface area contributed by atoms with Crippen molar-refractivity contribution in [2.75, 3.05) is 0 Å². The molecule has 0 heterocycles. The maximum atomic E-state index is 6.54. The lowest BCUT2D eigenvalue weighted by Crippen LogP contribution is -2.37. The van der Waals surface area contributed by atoms with Crippen LogP contribution >= 0.6 is 12.4 Å². The van der Waals surface area contributed by atoms with E-state index < -0.39 is 0 Å². The van der Waals surface area contributed by atoms with Crippen molar-refractivity contribution in [2.24, 2.45) is 5.73 Å². The lowest BCUT2D eigenvalue weighted by Gasteiger charge is -2.29. The van der Waals surface area contributed by atoms with Crippen LogP contribution in [-0.4, -0.2) is 0 Å². The molecule has 2 rings (SSSR count). The van der Waals surface area contributed by atoms with Gasteiger partial charge in [0.25, 0.3) is 0 Å². The molecule has 2 aromatic rings. The molecule has 0 aliphatic heterocycles. The van der Waals surface area contributed by atoms with Crippen LogP contribution in [0.3, 0.4) is 0 Å². The molecule has 0 aliphatic carbocycles. The second kappa shape index (κ2) is 5.85. The van der Waals surface area contributed by atoms with Crippen molar-refractivity contribution in [1.29, 1.82) is 0 Å². The van der Waals surface area contributed by atoms with E-state index in [0.29, 0.717) is 0 Å². The highest BCUT2D eigenvalue weighted by atomic mass is 35.5. The maximum absolute atomic E-state index is 6.54. The van der Waals surface area contributed by atoms with Gasteiger partial charge in [-0.3, -0.25) is 0 Å². The third-order valence-electron chi connectivity index (χ3n) is 3.14. The second-order valence-electron chi connectivity index (χ2n) is 4.06. The summed E-state index contributed by atoms with van der Waals surface area (Å²) in [5.74, 6) is 0. The van der Waals surface area contributed by atoms with Crippen molar-refractivity contribution in [3.63, 3.8) is 0 Å². The highest BCUT2D eigenvalue weighted by Crippen LogP contribution is 2.29. The molecule has 17 heavy (non-hydrogen) atoms. The zero-order chi connectivity index (χ0) is 11.4. The van der Waals surface area contributed by atoms with Crippen LogP contribution in [0.4, 0.5) is 0 Å². The van der Waals surface area contributed by atoms with Gasteiger partial charge in [0.2, 0.25) is 0 Å². The average molecular weight is 248 g/mol. The molecule has 2 heteroatoms. The zero-order valence-corrected chi connectivity index (χ0v) is 10.8. The summed E-state index contributed by atoms with van der Waals surface area (Å²) >= 11 is 0. The van der Waals surface area contributed by atoms with Crippen molar-refractivity contribution < 1.29 is 0 Å². The van der Waals surface area contributed by atoms with E-state index in [1.54, 1.807) is 0 Å². The third-order valence-corrected chi connectivity index (χ3v) is 3.14. The first-order valence-corrected chi connectivity index (χ1v) is 5.67. The molecule has 0 unspecified atom stereocenters. The van der Waals surface area contributed by atoms with Gasteiger partial charge in [-0.1, -0.05) is 67.6 Å². The van der Waals surface area contributed by atoms with Gasteiger partial charge in [0.05, 0.1) is 5.54 Å². The summed E-state index contributed by atoms with van der Waals surface area (Å²) in [6.45, 7) is 2.12. The van der Waals surface area contributed by atoms with E-state index in [1.807, 2.05) is 36.4 Å². The van der Waals surface area contributed by atoms with Crippen LogP contribution in [0.25, 0.3) is 0 Å². The summed E-state index contributed by atoms with van der Waals surface area (Å²) in [6.07, 6.45) is 0.890. The number of hydrogen-bond acceptors (Lipinski definition) is 1. The molecule has 1 nitrogen and oxygen atoms in total. The second-order valence-corrected chi connectivity index (χ2v) is 4.06. The minimum absolute atomic E-state index is 0. The van der Waals surface area contributed by atoms with Gasteiger partial charge in [0.1, 0.15) is 0 Å². The molecule has 2 N–H and O–H groups in total. The Morgan fingerprint density at radius 1 is 0.824 bits per heavy atom. The van der Waals surface area contributed by atoms with Crippen LogP contribution in [0.5, 0.6) is 0 Å². The number of benzene rings is 2. The van der Waals surface area contributed by atoms with E-state index >= 15 is 0 Å². The molecule has 0 radical (unpaired) electrons. The smallest absolute Gasteiger partial charge is 0.0662 e. The minimum Gasteiger partial charge on any atom is -0.318 e. The highest BCUT2D eigenvalue weighted by molar-refractivity contribution is 5.85. The SMILES string of the molecule is CCC(N)(c1ccccc1)c1ccccc1.Cl. The van der Waals surface area contributed by atoms with E-state index in [9.17, 15) is 0 Å². The van der Waals surface area contributed by atoms with Gasteiger partial charge in [-0.05, 0) is 17.5 Å². The lowest BCUT2D eigenvalue weighted by molar-refractivity contribution is 0.519. The number of nitrogens with two attached hydrogens (primary N) is 1. The van der Waals surface area contributed by atoms with Gasteiger partial charge in [-0.25, -0.2) is 0 Å². The van der Waals surface area contributed by atoms with Gasteiger partial charge >= 0.3 is 0 Å². The Bertz CT molecular complexity index is 399. The summed E-state index contributed by atoms with van der Waals surface area (Å²) in [5, 5.41) is 0. The summed E-state index contributed by atoms with van der Waals surface area (Å²) in [6, 6.07) is 20.6. The molecule has 0 aromatic heterocycles. The molecule has 0 atom stereocenters. The average Bonchev–Trinajstić information content (AvgIpc) is 2.40. The van der Waals surface area contributed by atoms with Gasteiger partial charge in [0, 0.05) is 0 Å². The fraction of sp³-hybridized carbons (Fsp3) is 0.200. The number of hydrogen-bond donors (Lipinski definition) is 1. The highest BCUT2D eigenvalue weighted by Gasteiger charge is 2.26. The van der Waals surface area contributed by atoms with Crippen LogP contribution in [0, 0.1) is 0 Å². The van der Waals surface area contributed by atoms with Gasteiger partial charge in [0.15, 0.2) is 0 Å². The van der Waals surface area contributed by atoms with Gasteiger partial charge in [-0.15, -0.1) is 12.4 Å². The third kappa shape index (κ3) is 2.68. The summed E-state index contributed by atoms with van der Waals surface area (Å²) < 4.78 is 0. The molecule has 0 amide bonds. The van der Waals surface area contributed by atoms with Gasteiger partial charge < -0.3 is 5.73 Å². The zero-order valence-electron chi connectivity index (χ0n) is 9.97. The van der Waals surface area contributed by atoms with Crippen molar-refractivity contribution >= 4 is 12.4 Å². The Morgan fingerprint density at radius 3 is 1.47 bits per heavy atom. The largest absolute Gasteiger partial charge is 0.318 e. The molecule has 0 saturated carbocycles. The monoisotopic (exact) mass is 247 g/mol. The number of halogens is 1. The van der Waals surface area contributed by atoms with E-state index in [1.165, 1.54) is 11.1 Å². The fourth-order valence-electron chi connectivity index (χ4n) is 2.05. The summed E-state index contributed by atoms with van der Waals surface area (Å²) in [5.41, 5.74) is 8.51. The lowest BCUT2D eigenvalue weighted by atomic mass is 9.82. The van der Waals surface area contributed by atoms with Crippen molar-refractivity contribution in [1.82, 2.24) is 0 Å². The first-order chi connectivity index (χ1) is 7.77. The quantitative estimate of drug-likeness (QED) is 0.879. The molecule has 0 aliphatic rings. The van der Waals surface area contributed by atoms with Crippen LogP contribution in [-0.2, 0) is 5.54 Å². The normalized spacial score (nSPS) is 10.7.